The Hall–Kier alpha value is -0.610. The molecule has 88 valence electrons. The molecule has 0 aromatic rings. The Morgan fingerprint density at radius 1 is 1.67 bits per heavy atom. The van der Waals surface area contributed by atoms with Crippen LogP contribution < -0.4 is 16.4 Å². The van der Waals surface area contributed by atoms with Crippen molar-refractivity contribution in [2.75, 3.05) is 19.6 Å². The van der Waals surface area contributed by atoms with Gasteiger partial charge in [-0.25, -0.2) is 0 Å². The van der Waals surface area contributed by atoms with Gasteiger partial charge in [0.15, 0.2) is 0 Å². The summed E-state index contributed by atoms with van der Waals surface area (Å²) in [6.07, 6.45) is 0.788. The molecule has 1 fully saturated rings. The zero-order chi connectivity index (χ0) is 11.5. The van der Waals surface area contributed by atoms with E-state index in [1.807, 2.05) is 0 Å². The zero-order valence-electron chi connectivity index (χ0n) is 9.97. The summed E-state index contributed by atoms with van der Waals surface area (Å²) in [5.41, 5.74) is 5.05. The lowest BCUT2D eigenvalue weighted by atomic mass is 9.78. The van der Waals surface area contributed by atoms with Crippen molar-refractivity contribution < 1.29 is 4.79 Å². The fraction of sp³-hybridized carbons (Fsp3) is 0.909. The minimum Gasteiger partial charge on any atom is -0.368 e. The first-order valence-corrected chi connectivity index (χ1v) is 5.74. The second kappa shape index (κ2) is 4.94. The highest BCUT2D eigenvalue weighted by Gasteiger charge is 2.42. The summed E-state index contributed by atoms with van der Waals surface area (Å²) >= 11 is 0. The smallest absolute Gasteiger partial charge is 0.238 e. The van der Waals surface area contributed by atoms with Crippen molar-refractivity contribution in [1.29, 1.82) is 0 Å². The molecular weight excluding hydrogens is 190 g/mol. The SMILES string of the molecule is CC(C)CNC1(C(N)=O)CCNCC1C. The Labute approximate surface area is 92.0 Å². The molecule has 4 heteroatoms. The highest BCUT2D eigenvalue weighted by atomic mass is 16.1. The summed E-state index contributed by atoms with van der Waals surface area (Å²) in [5, 5.41) is 6.65. The molecule has 4 nitrogen and oxygen atoms in total. The second-order valence-corrected chi connectivity index (χ2v) is 4.97. The third-order valence-electron chi connectivity index (χ3n) is 3.25. The lowest BCUT2D eigenvalue weighted by Gasteiger charge is -2.41. The maximum absolute atomic E-state index is 11.6. The molecule has 1 rings (SSSR count). The van der Waals surface area contributed by atoms with Crippen LogP contribution in [0.3, 0.4) is 0 Å². The highest BCUT2D eigenvalue weighted by molar-refractivity contribution is 5.85. The van der Waals surface area contributed by atoms with Crippen LogP contribution in [0.5, 0.6) is 0 Å². The van der Waals surface area contributed by atoms with Gasteiger partial charge in [-0.3, -0.25) is 4.79 Å². The van der Waals surface area contributed by atoms with Crippen LogP contribution in [0.2, 0.25) is 0 Å². The topological polar surface area (TPSA) is 67.1 Å². The fourth-order valence-corrected chi connectivity index (χ4v) is 2.13. The summed E-state index contributed by atoms with van der Waals surface area (Å²) in [6.45, 7) is 8.89. The summed E-state index contributed by atoms with van der Waals surface area (Å²) in [7, 11) is 0. The van der Waals surface area contributed by atoms with Gasteiger partial charge >= 0.3 is 0 Å². The van der Waals surface area contributed by atoms with Gasteiger partial charge in [-0.2, -0.15) is 0 Å². The molecule has 0 aliphatic carbocycles. The molecule has 1 heterocycles. The van der Waals surface area contributed by atoms with Crippen LogP contribution in [-0.4, -0.2) is 31.1 Å². The van der Waals surface area contributed by atoms with E-state index in [9.17, 15) is 4.79 Å². The Bertz CT molecular complexity index is 230. The maximum atomic E-state index is 11.6. The summed E-state index contributed by atoms with van der Waals surface area (Å²) in [5.74, 6) is 0.572. The number of carbonyl (C=O) groups excluding carboxylic acids is 1. The molecule has 2 unspecified atom stereocenters. The van der Waals surface area contributed by atoms with Crippen LogP contribution in [0, 0.1) is 11.8 Å². The Morgan fingerprint density at radius 2 is 2.33 bits per heavy atom. The van der Waals surface area contributed by atoms with E-state index in [0.717, 1.165) is 26.1 Å². The van der Waals surface area contributed by atoms with Gasteiger partial charge in [-0.15, -0.1) is 0 Å². The van der Waals surface area contributed by atoms with Crippen molar-refractivity contribution in [2.45, 2.75) is 32.7 Å². The molecule has 1 aliphatic heterocycles. The maximum Gasteiger partial charge on any atom is 0.238 e. The summed E-state index contributed by atoms with van der Waals surface area (Å²) in [6, 6.07) is 0. The van der Waals surface area contributed by atoms with Gasteiger partial charge in [-0.1, -0.05) is 20.8 Å². The predicted octanol–water partition coefficient (Wildman–Crippen LogP) is 0.0855. The van der Waals surface area contributed by atoms with Gasteiger partial charge in [0.25, 0.3) is 0 Å². The fourth-order valence-electron chi connectivity index (χ4n) is 2.13. The highest BCUT2D eigenvalue weighted by Crippen LogP contribution is 2.24. The lowest BCUT2D eigenvalue weighted by molar-refractivity contribution is -0.127. The second-order valence-electron chi connectivity index (χ2n) is 4.97. The van der Waals surface area contributed by atoms with Crippen molar-refractivity contribution in [3.05, 3.63) is 0 Å². The minimum atomic E-state index is -0.504. The van der Waals surface area contributed by atoms with E-state index in [1.165, 1.54) is 0 Å². The van der Waals surface area contributed by atoms with Gasteiger partial charge in [0, 0.05) is 0 Å². The molecular formula is C11H23N3O. The van der Waals surface area contributed by atoms with Crippen molar-refractivity contribution in [3.63, 3.8) is 0 Å². The third kappa shape index (κ3) is 2.69. The van der Waals surface area contributed by atoms with Crippen LogP contribution in [0.4, 0.5) is 0 Å². The predicted molar refractivity (Wildman–Crippen MR) is 61.4 cm³/mol. The van der Waals surface area contributed by atoms with E-state index in [-0.39, 0.29) is 11.8 Å². The molecule has 1 saturated heterocycles. The van der Waals surface area contributed by atoms with Gasteiger partial charge < -0.3 is 16.4 Å². The molecule has 0 bridgehead atoms. The average Bonchev–Trinajstić information content (AvgIpc) is 2.16. The number of primary amides is 1. The summed E-state index contributed by atoms with van der Waals surface area (Å²) in [4.78, 5) is 11.6. The lowest BCUT2D eigenvalue weighted by Crippen LogP contribution is -2.65. The first-order chi connectivity index (χ1) is 6.99. The minimum absolute atomic E-state index is 0.211. The first-order valence-electron chi connectivity index (χ1n) is 5.74. The number of amides is 1. The third-order valence-corrected chi connectivity index (χ3v) is 3.25. The number of hydrogen-bond donors (Lipinski definition) is 3. The average molecular weight is 213 g/mol. The Kier molecular flexibility index (Phi) is 4.11. The van der Waals surface area contributed by atoms with Gasteiger partial charge in [0.2, 0.25) is 5.91 Å². The zero-order valence-corrected chi connectivity index (χ0v) is 9.97. The standard InChI is InChI=1S/C11H23N3O/c1-8(2)6-14-11(10(12)15)4-5-13-7-9(11)3/h8-9,13-14H,4-7H2,1-3H3,(H2,12,15). The van der Waals surface area contributed by atoms with Crippen molar-refractivity contribution >= 4 is 5.91 Å². The Balaban J connectivity index is 2.72. The van der Waals surface area contributed by atoms with E-state index in [0.29, 0.717) is 5.92 Å². The number of carbonyl (C=O) groups is 1. The van der Waals surface area contributed by atoms with Crippen molar-refractivity contribution in [2.24, 2.45) is 17.6 Å². The largest absolute Gasteiger partial charge is 0.368 e. The van der Waals surface area contributed by atoms with E-state index in [1.54, 1.807) is 0 Å². The van der Waals surface area contributed by atoms with Crippen LogP contribution in [0.25, 0.3) is 0 Å². The molecule has 2 atom stereocenters. The molecule has 1 amide bonds. The first kappa shape index (κ1) is 12.5. The van der Waals surface area contributed by atoms with E-state index in [2.05, 4.69) is 31.4 Å². The van der Waals surface area contributed by atoms with Crippen molar-refractivity contribution in [1.82, 2.24) is 10.6 Å². The summed E-state index contributed by atoms with van der Waals surface area (Å²) < 4.78 is 0. The number of nitrogens with two attached hydrogens (primary N) is 1. The monoisotopic (exact) mass is 213 g/mol. The quantitative estimate of drug-likeness (QED) is 0.620. The van der Waals surface area contributed by atoms with E-state index < -0.39 is 5.54 Å². The van der Waals surface area contributed by atoms with Gasteiger partial charge in [0.1, 0.15) is 5.54 Å². The number of piperidine rings is 1. The molecule has 15 heavy (non-hydrogen) atoms. The molecule has 0 aromatic carbocycles. The van der Waals surface area contributed by atoms with Gasteiger partial charge in [-0.05, 0) is 37.9 Å². The molecule has 1 aliphatic rings. The van der Waals surface area contributed by atoms with E-state index in [4.69, 9.17) is 5.73 Å². The molecule has 4 N–H and O–H groups in total. The van der Waals surface area contributed by atoms with E-state index >= 15 is 0 Å². The normalized spacial score (nSPS) is 31.9. The van der Waals surface area contributed by atoms with Gasteiger partial charge in [0.05, 0.1) is 0 Å². The number of nitrogens with one attached hydrogen (secondary N) is 2. The molecule has 0 radical (unpaired) electrons. The number of rotatable bonds is 4. The van der Waals surface area contributed by atoms with Crippen LogP contribution in [0.1, 0.15) is 27.2 Å². The number of hydrogen-bond acceptors (Lipinski definition) is 3. The van der Waals surface area contributed by atoms with Crippen molar-refractivity contribution in [3.8, 4) is 0 Å². The van der Waals surface area contributed by atoms with Crippen LogP contribution >= 0.6 is 0 Å². The molecule has 0 saturated carbocycles. The van der Waals surface area contributed by atoms with Crippen LogP contribution in [-0.2, 0) is 4.79 Å². The Morgan fingerprint density at radius 3 is 2.80 bits per heavy atom. The molecule has 0 spiro atoms. The molecule has 0 aromatic heterocycles. The van der Waals surface area contributed by atoms with Crippen LogP contribution in [0.15, 0.2) is 0 Å².